The molecular weight excluding hydrogens is 340 g/mol. The van der Waals surface area contributed by atoms with Crippen LogP contribution in [0.2, 0.25) is 0 Å². The Morgan fingerprint density at radius 3 is 2.60 bits per heavy atom. The highest BCUT2D eigenvalue weighted by Gasteiger charge is 2.22. The normalized spacial score (nSPS) is 17.5. The van der Waals surface area contributed by atoms with Crippen LogP contribution in [0.4, 0.5) is 0 Å². The van der Waals surface area contributed by atoms with Gasteiger partial charge in [-0.05, 0) is 48.4 Å². The molecule has 1 saturated heterocycles. The molecule has 2 aliphatic heterocycles. The van der Waals surface area contributed by atoms with Crippen LogP contribution in [0.3, 0.4) is 0 Å². The summed E-state index contributed by atoms with van der Waals surface area (Å²) in [7, 11) is 0. The van der Waals surface area contributed by atoms with E-state index in [4.69, 9.17) is 15.9 Å². The largest absolute Gasteiger partial charge is 0.493 e. The second kappa shape index (κ2) is 8.43. The topological polar surface area (TPSA) is 82.7 Å². The molecule has 25 heavy (non-hydrogen) atoms. The van der Waals surface area contributed by atoms with Crippen LogP contribution in [-0.2, 0) is 17.8 Å². The summed E-state index contributed by atoms with van der Waals surface area (Å²) in [5, 5.41) is 7.59. The lowest BCUT2D eigenvalue weighted by Crippen LogP contribution is -2.40. The van der Waals surface area contributed by atoms with Gasteiger partial charge in [0.25, 0.3) is 0 Å². The van der Waals surface area contributed by atoms with Crippen molar-refractivity contribution in [3.8, 4) is 5.75 Å². The maximum Gasteiger partial charge on any atom is 0.219 e. The second-order valence-electron chi connectivity index (χ2n) is 6.75. The molecule has 1 fully saturated rings. The zero-order valence-corrected chi connectivity index (χ0v) is 15.5. The van der Waals surface area contributed by atoms with Crippen molar-refractivity contribution in [3.05, 3.63) is 29.3 Å². The molecule has 0 aliphatic carbocycles. The Kier molecular flexibility index (Phi) is 6.53. The maximum atomic E-state index is 11.4. The van der Waals surface area contributed by atoms with Crippen LogP contribution in [0, 0.1) is 11.3 Å². The molecule has 0 radical (unpaired) electrons. The Labute approximate surface area is 155 Å². The number of likely N-dealkylation sites (tertiary alicyclic amines) is 1. The van der Waals surface area contributed by atoms with Crippen molar-refractivity contribution >= 4 is 24.3 Å². The molecule has 0 spiro atoms. The van der Waals surface area contributed by atoms with Crippen molar-refractivity contribution < 1.29 is 9.53 Å². The molecule has 0 bridgehead atoms. The number of nitrogens with two attached hydrogens (primary N) is 1. The van der Waals surface area contributed by atoms with Crippen molar-refractivity contribution in [3.63, 3.8) is 0 Å². The van der Waals surface area contributed by atoms with Crippen LogP contribution >= 0.6 is 12.4 Å². The Morgan fingerprint density at radius 2 is 1.96 bits per heavy atom. The van der Waals surface area contributed by atoms with E-state index in [0.717, 1.165) is 44.6 Å². The molecule has 0 atom stereocenters. The number of guanidine groups is 1. The highest BCUT2D eigenvalue weighted by molar-refractivity contribution is 5.85. The minimum absolute atomic E-state index is 0. The van der Waals surface area contributed by atoms with Crippen molar-refractivity contribution in [2.24, 2.45) is 11.7 Å². The highest BCUT2D eigenvalue weighted by Crippen LogP contribution is 2.25. The third kappa shape index (κ3) is 4.78. The fourth-order valence-corrected chi connectivity index (χ4v) is 3.46. The molecule has 0 unspecified atom stereocenters. The van der Waals surface area contributed by atoms with E-state index in [9.17, 15) is 4.79 Å². The van der Waals surface area contributed by atoms with Crippen molar-refractivity contribution in [2.75, 3.05) is 26.2 Å². The summed E-state index contributed by atoms with van der Waals surface area (Å²) >= 11 is 0. The summed E-state index contributed by atoms with van der Waals surface area (Å²) in [4.78, 5) is 15.1. The second-order valence-corrected chi connectivity index (χ2v) is 6.75. The number of carbonyl (C=O) groups excluding carboxylic acids is 1. The first kappa shape index (κ1) is 19.4. The molecule has 7 heteroatoms. The Morgan fingerprint density at radius 1 is 1.24 bits per heavy atom. The van der Waals surface area contributed by atoms with Crippen LogP contribution in [0.15, 0.2) is 18.2 Å². The predicted molar refractivity (Wildman–Crippen MR) is 100 cm³/mol. The first-order chi connectivity index (χ1) is 11.5. The van der Waals surface area contributed by atoms with Gasteiger partial charge < -0.3 is 20.3 Å². The van der Waals surface area contributed by atoms with E-state index in [-0.39, 0.29) is 24.3 Å². The monoisotopic (exact) mass is 366 g/mol. The van der Waals surface area contributed by atoms with Crippen molar-refractivity contribution in [1.82, 2.24) is 9.80 Å². The Hall–Kier alpha value is -1.95. The fraction of sp³-hybridized carbons (Fsp3) is 0.556. The molecule has 3 rings (SSSR count). The molecule has 1 amide bonds. The van der Waals surface area contributed by atoms with E-state index in [1.807, 2.05) is 15.9 Å². The molecule has 0 saturated carbocycles. The number of carbonyl (C=O) groups is 1. The lowest BCUT2D eigenvalue weighted by Gasteiger charge is -2.31. The van der Waals surface area contributed by atoms with Gasteiger partial charge in [0.15, 0.2) is 5.96 Å². The van der Waals surface area contributed by atoms with Crippen LogP contribution in [0.5, 0.6) is 5.75 Å². The summed E-state index contributed by atoms with van der Waals surface area (Å²) in [5.41, 5.74) is 8.11. The predicted octanol–water partition coefficient (Wildman–Crippen LogP) is 2.00. The Bertz CT molecular complexity index is 630. The molecule has 1 aromatic carbocycles. The minimum atomic E-state index is 0. The van der Waals surface area contributed by atoms with Gasteiger partial charge in [-0.15, -0.1) is 12.4 Å². The van der Waals surface area contributed by atoms with Gasteiger partial charge in [-0.3, -0.25) is 10.2 Å². The van der Waals surface area contributed by atoms with E-state index in [0.29, 0.717) is 19.1 Å². The molecule has 3 N–H and O–H groups in total. The van der Waals surface area contributed by atoms with Gasteiger partial charge in [-0.1, -0.05) is 6.07 Å². The number of nitrogens with one attached hydrogen (secondary N) is 1. The zero-order valence-electron chi connectivity index (χ0n) is 14.7. The summed E-state index contributed by atoms with van der Waals surface area (Å²) < 4.78 is 6.00. The van der Waals surface area contributed by atoms with E-state index in [1.165, 1.54) is 11.1 Å². The van der Waals surface area contributed by atoms with Gasteiger partial charge in [-0.25, -0.2) is 0 Å². The number of hydrogen-bond donors (Lipinski definition) is 2. The quantitative estimate of drug-likeness (QED) is 0.633. The summed E-state index contributed by atoms with van der Waals surface area (Å²) in [6.07, 6.45) is 2.92. The first-order valence-corrected chi connectivity index (χ1v) is 8.62. The SMILES string of the molecule is CC(=O)N1CCC(COc2ccc3c(c2)CN(C(=N)N)CC3)CC1.Cl. The zero-order chi connectivity index (χ0) is 17.1. The highest BCUT2D eigenvalue weighted by atomic mass is 35.5. The maximum absolute atomic E-state index is 11.4. The van der Waals surface area contributed by atoms with Crippen molar-refractivity contribution in [2.45, 2.75) is 32.7 Å². The average molecular weight is 367 g/mol. The van der Waals surface area contributed by atoms with Gasteiger partial charge in [0, 0.05) is 33.1 Å². The number of piperidine rings is 1. The van der Waals surface area contributed by atoms with Gasteiger partial charge >= 0.3 is 0 Å². The molecule has 138 valence electrons. The minimum Gasteiger partial charge on any atom is -0.493 e. The van der Waals surface area contributed by atoms with Gasteiger partial charge in [-0.2, -0.15) is 0 Å². The smallest absolute Gasteiger partial charge is 0.219 e. The fourth-order valence-electron chi connectivity index (χ4n) is 3.46. The standard InChI is InChI=1S/C18H26N4O2.ClH/c1-13(23)21-7-4-14(5-8-21)12-24-17-3-2-15-6-9-22(18(19)20)11-16(15)10-17;/h2-3,10,14H,4-9,11-12H2,1H3,(H3,19,20);1H. The van der Waals surface area contributed by atoms with Crippen LogP contribution in [-0.4, -0.2) is 47.9 Å². The molecule has 2 heterocycles. The van der Waals surface area contributed by atoms with Gasteiger partial charge in [0.2, 0.25) is 5.91 Å². The summed E-state index contributed by atoms with van der Waals surface area (Å²) in [6, 6.07) is 6.24. The Balaban J connectivity index is 0.00000225. The van der Waals surface area contributed by atoms with E-state index in [2.05, 4.69) is 12.1 Å². The van der Waals surface area contributed by atoms with E-state index < -0.39 is 0 Å². The lowest BCUT2D eigenvalue weighted by molar-refractivity contribution is -0.130. The third-order valence-corrected chi connectivity index (χ3v) is 5.08. The number of nitrogens with zero attached hydrogens (tertiary/aromatic N) is 2. The number of benzene rings is 1. The lowest BCUT2D eigenvalue weighted by atomic mass is 9.97. The summed E-state index contributed by atoms with van der Waals surface area (Å²) in [6.45, 7) is 5.48. The number of ether oxygens (including phenoxy) is 1. The number of hydrogen-bond acceptors (Lipinski definition) is 3. The van der Waals surface area contributed by atoms with E-state index in [1.54, 1.807) is 6.92 Å². The number of fused-ring (bicyclic) bond motifs is 1. The van der Waals surface area contributed by atoms with E-state index >= 15 is 0 Å². The van der Waals surface area contributed by atoms with Gasteiger partial charge in [0.05, 0.1) is 6.61 Å². The van der Waals surface area contributed by atoms with Crippen LogP contribution < -0.4 is 10.5 Å². The van der Waals surface area contributed by atoms with Crippen LogP contribution in [0.1, 0.15) is 30.9 Å². The molecule has 6 nitrogen and oxygen atoms in total. The first-order valence-electron chi connectivity index (χ1n) is 8.62. The number of amides is 1. The average Bonchev–Trinajstić information content (AvgIpc) is 2.59. The molecule has 1 aromatic rings. The van der Waals surface area contributed by atoms with Gasteiger partial charge in [0.1, 0.15) is 5.75 Å². The van der Waals surface area contributed by atoms with Crippen molar-refractivity contribution in [1.29, 1.82) is 5.41 Å². The number of halogens is 1. The third-order valence-electron chi connectivity index (χ3n) is 5.08. The number of rotatable bonds is 3. The molecule has 0 aromatic heterocycles. The van der Waals surface area contributed by atoms with Crippen LogP contribution in [0.25, 0.3) is 0 Å². The molecule has 2 aliphatic rings. The summed E-state index contributed by atoms with van der Waals surface area (Å²) in [5.74, 6) is 1.68. The molecular formula is C18H27ClN4O2.